The van der Waals surface area contributed by atoms with Gasteiger partial charge in [-0.1, -0.05) is 26.2 Å². The van der Waals surface area contributed by atoms with E-state index in [-0.39, 0.29) is 0 Å². The van der Waals surface area contributed by atoms with E-state index in [2.05, 4.69) is 21.0 Å². The van der Waals surface area contributed by atoms with Crippen LogP contribution in [0.3, 0.4) is 0 Å². The Morgan fingerprint density at radius 3 is 2.60 bits per heavy atom. The van der Waals surface area contributed by atoms with Crippen LogP contribution in [0.2, 0.25) is 0 Å². The van der Waals surface area contributed by atoms with Gasteiger partial charge in [0.15, 0.2) is 0 Å². The normalized spacial score (nSPS) is 39.0. The minimum Gasteiger partial charge on any atom is -0.326 e. The zero-order valence-corrected chi connectivity index (χ0v) is 10.8. The maximum absolute atomic E-state index is 2.47. The minimum atomic E-state index is 1.00. The molecule has 1 saturated carbocycles. The van der Waals surface area contributed by atoms with Crippen molar-refractivity contribution in [3.05, 3.63) is 0 Å². The maximum Gasteiger partial charge on any atom is 0.0919 e. The van der Waals surface area contributed by atoms with Crippen molar-refractivity contribution in [3.63, 3.8) is 0 Å². The van der Waals surface area contributed by atoms with E-state index in [4.69, 9.17) is 0 Å². The van der Waals surface area contributed by atoms with Crippen LogP contribution >= 0.6 is 0 Å². The molecule has 1 saturated heterocycles. The molecule has 1 aliphatic carbocycles. The summed E-state index contributed by atoms with van der Waals surface area (Å²) in [6.07, 6.45) is 10.3. The van der Waals surface area contributed by atoms with Crippen LogP contribution in [0.4, 0.5) is 0 Å². The number of rotatable bonds is 3. The van der Waals surface area contributed by atoms with Crippen LogP contribution in [-0.2, 0) is 0 Å². The van der Waals surface area contributed by atoms with Gasteiger partial charge in [0.2, 0.25) is 0 Å². The number of hydrogen-bond donors (Lipinski definition) is 0. The summed E-state index contributed by atoms with van der Waals surface area (Å²) in [4.78, 5) is 0. The smallest absolute Gasteiger partial charge is 0.0919 e. The highest BCUT2D eigenvalue weighted by Gasteiger charge is 2.49. The predicted octanol–water partition coefficient (Wildman–Crippen LogP) is 3.44. The monoisotopic (exact) mass is 210 g/mol. The van der Waals surface area contributed by atoms with Crippen molar-refractivity contribution in [1.82, 2.24) is 0 Å². The van der Waals surface area contributed by atoms with Crippen molar-refractivity contribution < 1.29 is 4.48 Å². The van der Waals surface area contributed by atoms with Crippen molar-refractivity contribution in [2.24, 2.45) is 11.8 Å². The van der Waals surface area contributed by atoms with Crippen molar-refractivity contribution >= 4 is 0 Å². The van der Waals surface area contributed by atoms with Gasteiger partial charge in [0.25, 0.3) is 0 Å². The molecular weight excluding hydrogens is 182 g/mol. The zero-order chi connectivity index (χ0) is 10.9. The Kier molecular flexibility index (Phi) is 3.39. The van der Waals surface area contributed by atoms with E-state index in [0.29, 0.717) is 0 Å². The fourth-order valence-electron chi connectivity index (χ4n) is 4.20. The summed E-state index contributed by atoms with van der Waals surface area (Å²) in [6, 6.07) is 1.00. The third kappa shape index (κ3) is 2.22. The molecule has 88 valence electrons. The molecule has 2 rings (SSSR count). The van der Waals surface area contributed by atoms with Crippen LogP contribution in [0.1, 0.15) is 51.9 Å². The topological polar surface area (TPSA) is 0 Å². The van der Waals surface area contributed by atoms with E-state index in [0.717, 1.165) is 17.9 Å². The SMILES string of the molecule is CCCCC1C[N+](C)(C)C2CCCCC12. The molecule has 0 aromatic carbocycles. The summed E-state index contributed by atoms with van der Waals surface area (Å²) >= 11 is 0. The lowest BCUT2D eigenvalue weighted by atomic mass is 9.78. The summed E-state index contributed by atoms with van der Waals surface area (Å²) in [5.41, 5.74) is 0. The maximum atomic E-state index is 2.47. The highest BCUT2D eigenvalue weighted by molar-refractivity contribution is 4.87. The van der Waals surface area contributed by atoms with Gasteiger partial charge in [-0.05, 0) is 25.7 Å². The van der Waals surface area contributed by atoms with E-state index in [9.17, 15) is 0 Å². The first-order chi connectivity index (χ1) is 7.15. The van der Waals surface area contributed by atoms with Gasteiger partial charge < -0.3 is 4.48 Å². The molecule has 3 unspecified atom stereocenters. The summed E-state index contributed by atoms with van der Waals surface area (Å²) in [7, 11) is 4.93. The fourth-order valence-corrected chi connectivity index (χ4v) is 4.20. The Balaban J connectivity index is 2.01. The summed E-state index contributed by atoms with van der Waals surface area (Å²) in [5, 5.41) is 0. The van der Waals surface area contributed by atoms with Crippen LogP contribution in [0.5, 0.6) is 0 Å². The van der Waals surface area contributed by atoms with Crippen LogP contribution in [0, 0.1) is 11.8 Å². The number of unbranched alkanes of at least 4 members (excludes halogenated alkanes) is 1. The van der Waals surface area contributed by atoms with Gasteiger partial charge in [-0.3, -0.25) is 0 Å². The molecule has 2 fully saturated rings. The van der Waals surface area contributed by atoms with Gasteiger partial charge in [-0.15, -0.1) is 0 Å². The van der Waals surface area contributed by atoms with E-state index in [1.807, 2.05) is 0 Å². The predicted molar refractivity (Wildman–Crippen MR) is 65.7 cm³/mol. The quantitative estimate of drug-likeness (QED) is 0.626. The molecule has 1 heteroatoms. The first kappa shape index (κ1) is 11.4. The van der Waals surface area contributed by atoms with Gasteiger partial charge in [0, 0.05) is 11.8 Å². The highest BCUT2D eigenvalue weighted by atomic mass is 15.4. The summed E-state index contributed by atoms with van der Waals surface area (Å²) < 4.78 is 1.32. The largest absolute Gasteiger partial charge is 0.326 e. The minimum absolute atomic E-state index is 1.00. The highest BCUT2D eigenvalue weighted by Crippen LogP contribution is 2.44. The second-order valence-corrected chi connectivity index (χ2v) is 6.38. The van der Waals surface area contributed by atoms with E-state index < -0.39 is 0 Å². The molecule has 0 aromatic heterocycles. The lowest BCUT2D eigenvalue weighted by Gasteiger charge is -2.36. The second kappa shape index (κ2) is 4.45. The first-order valence-corrected chi connectivity index (χ1v) is 6.98. The van der Waals surface area contributed by atoms with E-state index in [1.165, 1.54) is 56.0 Å². The number of nitrogens with zero attached hydrogens (tertiary/aromatic N) is 1. The third-order valence-electron chi connectivity index (χ3n) is 4.92. The van der Waals surface area contributed by atoms with Gasteiger partial charge in [-0.2, -0.15) is 0 Å². The summed E-state index contributed by atoms with van der Waals surface area (Å²) in [6.45, 7) is 3.78. The molecular formula is C14H28N+. The Hall–Kier alpha value is -0.0400. The second-order valence-electron chi connectivity index (χ2n) is 6.38. The number of quaternary nitrogens is 1. The molecule has 15 heavy (non-hydrogen) atoms. The standard InChI is InChI=1S/C14H28N/c1-4-5-8-12-11-15(2,3)14-10-7-6-9-13(12)14/h12-14H,4-11H2,1-3H3/q+1. The molecule has 1 nitrogen and oxygen atoms in total. The van der Waals surface area contributed by atoms with Gasteiger partial charge in [-0.25, -0.2) is 0 Å². The number of fused-ring (bicyclic) bond motifs is 1. The van der Waals surface area contributed by atoms with Crippen molar-refractivity contribution in [3.8, 4) is 0 Å². The Morgan fingerprint density at radius 2 is 1.87 bits per heavy atom. The van der Waals surface area contributed by atoms with Crippen molar-refractivity contribution in [2.45, 2.75) is 57.9 Å². The number of likely N-dealkylation sites (tertiary alicyclic amines) is 1. The molecule has 1 aliphatic heterocycles. The summed E-state index contributed by atoms with van der Waals surface area (Å²) in [5.74, 6) is 2.12. The fraction of sp³-hybridized carbons (Fsp3) is 1.00. The van der Waals surface area contributed by atoms with Gasteiger partial charge >= 0.3 is 0 Å². The van der Waals surface area contributed by atoms with Crippen molar-refractivity contribution in [1.29, 1.82) is 0 Å². The molecule has 0 amide bonds. The molecule has 3 atom stereocenters. The lowest BCUT2D eigenvalue weighted by molar-refractivity contribution is -0.906. The van der Waals surface area contributed by atoms with Crippen molar-refractivity contribution in [2.75, 3.05) is 20.6 Å². The average molecular weight is 210 g/mol. The van der Waals surface area contributed by atoms with E-state index >= 15 is 0 Å². The Morgan fingerprint density at radius 1 is 1.13 bits per heavy atom. The Labute approximate surface area is 95.4 Å². The molecule has 0 bridgehead atoms. The molecule has 0 radical (unpaired) electrons. The molecule has 0 N–H and O–H groups in total. The molecule has 2 aliphatic rings. The van der Waals surface area contributed by atoms with Gasteiger partial charge in [0.05, 0.1) is 26.7 Å². The molecule has 1 heterocycles. The molecule has 0 spiro atoms. The van der Waals surface area contributed by atoms with E-state index in [1.54, 1.807) is 0 Å². The van der Waals surface area contributed by atoms with Crippen LogP contribution in [0.15, 0.2) is 0 Å². The number of hydrogen-bond acceptors (Lipinski definition) is 0. The van der Waals surface area contributed by atoms with Crippen LogP contribution in [0.25, 0.3) is 0 Å². The zero-order valence-electron chi connectivity index (χ0n) is 10.8. The van der Waals surface area contributed by atoms with Crippen LogP contribution in [-0.4, -0.2) is 31.2 Å². The van der Waals surface area contributed by atoms with Gasteiger partial charge in [0.1, 0.15) is 0 Å². The molecule has 0 aromatic rings. The van der Waals surface area contributed by atoms with Crippen LogP contribution < -0.4 is 0 Å². The first-order valence-electron chi connectivity index (χ1n) is 6.98. The average Bonchev–Trinajstić information content (AvgIpc) is 2.49. The third-order valence-corrected chi connectivity index (χ3v) is 4.92. The lowest BCUT2D eigenvalue weighted by Crippen LogP contribution is -2.46. The Bertz CT molecular complexity index is 209.